The van der Waals surface area contributed by atoms with Gasteiger partial charge in [0, 0.05) is 27.3 Å². The molecule has 2 saturated heterocycles. The number of methoxy groups -OCH3 is 1. The van der Waals surface area contributed by atoms with Crippen LogP contribution in [-0.4, -0.2) is 113 Å². The predicted octanol–water partition coefficient (Wildman–Crippen LogP) is 2.40. The van der Waals surface area contributed by atoms with E-state index in [4.69, 9.17) is 32.6 Å². The molecule has 0 saturated carbocycles. The number of carbonyl (C=O) groups excluding carboxylic acids is 4. The Bertz CT molecular complexity index is 1270. The third-order valence-corrected chi connectivity index (χ3v) is 8.49. The van der Waals surface area contributed by atoms with E-state index in [1.54, 1.807) is 6.07 Å². The Morgan fingerprint density at radius 3 is 2.27 bits per heavy atom. The average molecular weight is 845 g/mol. The third-order valence-electron chi connectivity index (χ3n) is 7.97. The Balaban J connectivity index is 0.00000529. The summed E-state index contributed by atoms with van der Waals surface area (Å²) in [5, 5.41) is 0. The number of carbonyl (C=O) groups is 4. The molecule has 1 aromatic rings. The molecule has 44 heavy (non-hydrogen) atoms. The molecule has 15 heteroatoms. The van der Waals surface area contributed by atoms with Crippen LogP contribution in [-0.2, 0) is 66.7 Å². The molecule has 1 aromatic carbocycles. The van der Waals surface area contributed by atoms with Crippen molar-refractivity contribution in [2.45, 2.75) is 96.5 Å². The molecule has 0 bridgehead atoms. The van der Waals surface area contributed by atoms with Gasteiger partial charge in [-0.2, -0.15) is 0 Å². The van der Waals surface area contributed by atoms with Crippen LogP contribution in [0.5, 0.6) is 11.5 Å². The van der Waals surface area contributed by atoms with Crippen molar-refractivity contribution in [1.82, 2.24) is 4.90 Å². The minimum absolute atomic E-state index is 0. The molecule has 2 aliphatic heterocycles. The van der Waals surface area contributed by atoms with Crippen molar-refractivity contribution in [3.8, 4) is 11.5 Å². The number of fused-ring (bicyclic) bond motifs is 2. The van der Waals surface area contributed by atoms with Gasteiger partial charge in [-0.25, -0.2) is 0 Å². The van der Waals surface area contributed by atoms with E-state index in [-0.39, 0.29) is 27.3 Å². The number of thiol groups is 1. The van der Waals surface area contributed by atoms with Crippen LogP contribution in [0, 0.1) is 5.92 Å². The normalized spacial score (nSPS) is 27.8. The van der Waals surface area contributed by atoms with Gasteiger partial charge in [0.15, 0.2) is 0 Å². The molecule has 2 fully saturated rings. The van der Waals surface area contributed by atoms with Crippen molar-refractivity contribution in [3.05, 3.63) is 23.3 Å². The fourth-order valence-corrected chi connectivity index (χ4v) is 6.89. The van der Waals surface area contributed by atoms with Gasteiger partial charge in [0.05, 0.1) is 0 Å². The molecule has 3 aliphatic rings. The van der Waals surface area contributed by atoms with Crippen LogP contribution >= 0.6 is 7.81 Å². The van der Waals surface area contributed by atoms with Gasteiger partial charge >= 0.3 is 257 Å². The number of ether oxygens (including phenoxy) is 6. The number of rotatable bonds is 9. The quantitative estimate of drug-likeness (QED) is 0.0903. The molecule has 0 aromatic heterocycles. The summed E-state index contributed by atoms with van der Waals surface area (Å²) in [6, 6.07) is 4.22. The smallest absolute Gasteiger partial charge is 0 e. The van der Waals surface area contributed by atoms with E-state index in [0.717, 1.165) is 70.9 Å². The Morgan fingerprint density at radius 1 is 1.00 bits per heavy atom. The maximum Gasteiger partial charge on any atom is 0 e. The van der Waals surface area contributed by atoms with E-state index in [2.05, 4.69) is 19.6 Å². The van der Waals surface area contributed by atoms with Gasteiger partial charge in [0.25, 0.3) is 0 Å². The van der Waals surface area contributed by atoms with Crippen molar-refractivity contribution in [3.63, 3.8) is 0 Å². The van der Waals surface area contributed by atoms with E-state index in [0.29, 0.717) is 40.9 Å². The molecular weight excluding hydrogens is 806 g/mol. The van der Waals surface area contributed by atoms with Crippen LogP contribution in [0.4, 0.5) is 0 Å². The molecular formula is C29H39NO11PSTl-. The summed E-state index contributed by atoms with van der Waals surface area (Å²) in [6.45, 7) is 7.73. The summed E-state index contributed by atoms with van der Waals surface area (Å²) < 4.78 is 39.7. The summed E-state index contributed by atoms with van der Waals surface area (Å²) in [4.78, 5) is 51.9. The molecule has 241 valence electrons. The minimum Gasteiger partial charge on any atom is 0 e. The summed E-state index contributed by atoms with van der Waals surface area (Å²) in [6.07, 6.45) is -2.62. The van der Waals surface area contributed by atoms with Gasteiger partial charge in [-0.15, -0.1) is 0 Å². The van der Waals surface area contributed by atoms with Crippen LogP contribution in [0.25, 0.3) is 0 Å². The van der Waals surface area contributed by atoms with Crippen molar-refractivity contribution in [2.24, 2.45) is 5.92 Å². The molecule has 0 spiro atoms. The first-order valence-corrected chi connectivity index (χ1v) is 16.4. The van der Waals surface area contributed by atoms with E-state index in [9.17, 15) is 19.2 Å². The fraction of sp³-hybridized carbons (Fsp3) is 0.655. The third kappa shape index (κ3) is 8.56. The number of benzene rings is 1. The zero-order valence-corrected chi connectivity index (χ0v) is 31.8. The second kappa shape index (κ2) is 16.8. The van der Waals surface area contributed by atoms with Crippen molar-refractivity contribution in [1.29, 1.82) is 0 Å². The summed E-state index contributed by atoms with van der Waals surface area (Å²) in [5.74, 6) is -2.07. The number of likely N-dealkylation sites (tertiary alicyclic amines) is 1. The second-order valence-electron chi connectivity index (χ2n) is 10.9. The SMILES string of the molecule is CCCN1CCC[C@@H]2Cc3c(ccc(O[SH-]#P)c3O[C@@H]3O[C@H](C(=O)OC)[C@@H](OC(C)=O)[C@H](OC(C)=O)[C@H]3OC(C)=O)C[C@H]21.[Tl]. The molecule has 0 unspecified atom stereocenters. The van der Waals surface area contributed by atoms with Gasteiger partial charge in [-0.1, -0.05) is 0 Å². The maximum atomic E-state index is 12.9. The predicted molar refractivity (Wildman–Crippen MR) is 162 cm³/mol. The largest absolute Gasteiger partial charge is 0 e. The average Bonchev–Trinajstić information content (AvgIpc) is 2.95. The molecule has 2 heterocycles. The Kier molecular flexibility index (Phi) is 14.0. The molecule has 4 rings (SSSR count). The molecule has 0 amide bonds. The zero-order valence-electron chi connectivity index (χ0n) is 25.6. The maximum absolute atomic E-state index is 12.9. The molecule has 7 atom stereocenters. The van der Waals surface area contributed by atoms with E-state index < -0.39 is 54.6 Å². The van der Waals surface area contributed by atoms with Crippen molar-refractivity contribution < 1.29 is 51.8 Å². The van der Waals surface area contributed by atoms with Gasteiger partial charge in [-0.3, -0.25) is 0 Å². The molecule has 1 radical (unpaired) electrons. The van der Waals surface area contributed by atoms with Crippen LogP contribution in [0.2, 0.25) is 0 Å². The Labute approximate surface area is 282 Å². The minimum atomic E-state index is -1.56. The molecule has 0 N–H and O–H groups in total. The summed E-state index contributed by atoms with van der Waals surface area (Å²) >= 11 is 0.313. The zero-order chi connectivity index (χ0) is 31.3. The standard InChI is InChI=1S/C29H39NO11PS.Tl/c1-6-11-30-12-7-8-19-13-20-18(14-21(19)30)9-10-22(41-43-42)23(20)39-29-27(38-17(4)33)25(37-16(3)32)24(36-15(2)31)26(40-29)28(34)35-5;/h9-10,19,21,24-27,29,43H,6-8,11-14H2,1-5H3;/q-1;/t19-,21-,24+,25+,26+,27-,29-;/m1./s1. The first-order valence-electron chi connectivity index (χ1n) is 14.4. The topological polar surface area (TPSA) is 136 Å². The molecule has 12 nitrogen and oxygen atoms in total. The van der Waals surface area contributed by atoms with Crippen molar-refractivity contribution in [2.75, 3.05) is 20.2 Å². The second-order valence-corrected chi connectivity index (χ2v) is 11.7. The fourth-order valence-electron chi connectivity index (χ4n) is 6.40. The van der Waals surface area contributed by atoms with E-state index in [1.165, 1.54) is 6.92 Å². The number of esters is 4. The Morgan fingerprint density at radius 2 is 1.66 bits per heavy atom. The van der Waals surface area contributed by atoms with Gasteiger partial charge < -0.3 is 0 Å². The summed E-state index contributed by atoms with van der Waals surface area (Å²) in [7, 11) is 5.35. The first kappa shape index (κ1) is 36.8. The van der Waals surface area contributed by atoms with Crippen LogP contribution in [0.3, 0.4) is 0 Å². The van der Waals surface area contributed by atoms with Crippen LogP contribution in [0.15, 0.2) is 12.1 Å². The monoisotopic (exact) mass is 845 g/mol. The van der Waals surface area contributed by atoms with E-state index in [1.807, 2.05) is 6.07 Å². The number of hydrogen-bond donors (Lipinski definition) is 0. The van der Waals surface area contributed by atoms with Gasteiger partial charge in [0.2, 0.25) is 0 Å². The molecule has 1 aliphatic carbocycles. The van der Waals surface area contributed by atoms with Crippen LogP contribution in [0.1, 0.15) is 58.1 Å². The number of hydrogen-bond acceptors (Lipinski definition) is 13. The van der Waals surface area contributed by atoms with Crippen LogP contribution < -0.4 is 8.92 Å². The summed E-state index contributed by atoms with van der Waals surface area (Å²) in [5.41, 5.74) is 2.00. The number of nitrogens with zero attached hydrogens (tertiary/aromatic N) is 1. The van der Waals surface area contributed by atoms with Gasteiger partial charge in [-0.05, 0) is 0 Å². The number of piperidine rings is 1. The van der Waals surface area contributed by atoms with Gasteiger partial charge in [0.1, 0.15) is 0 Å². The van der Waals surface area contributed by atoms with E-state index >= 15 is 0 Å². The van der Waals surface area contributed by atoms with Crippen molar-refractivity contribution >= 4 is 70.0 Å². The Hall–Kier alpha value is -1.68. The first-order chi connectivity index (χ1) is 20.6.